The van der Waals surface area contributed by atoms with Crippen molar-refractivity contribution < 1.29 is 26.3 Å². The number of hydrogen-bond donors (Lipinski definition) is 2. The number of ether oxygens (including phenoxy) is 1. The van der Waals surface area contributed by atoms with E-state index in [1.54, 1.807) is 6.92 Å². The van der Waals surface area contributed by atoms with Gasteiger partial charge in [0.15, 0.2) is 0 Å². The molecule has 1 aromatic carbocycles. The molecule has 0 spiro atoms. The minimum atomic E-state index is -4.35. The van der Waals surface area contributed by atoms with Crippen LogP contribution in [-0.4, -0.2) is 27.7 Å². The number of benzene rings is 1. The Balaban J connectivity index is 2.87. The number of alkyl halides is 3. The van der Waals surface area contributed by atoms with Gasteiger partial charge in [-0.25, -0.2) is 13.1 Å². The number of sulfonamides is 1. The molecule has 0 radical (unpaired) electrons. The molecular weight excluding hydrogens is 297 g/mol. The Bertz CT molecular complexity index is 559. The number of hydrogen-bond acceptors (Lipinski definition) is 4. The summed E-state index contributed by atoms with van der Waals surface area (Å²) in [7, 11) is -3.71. The maximum absolute atomic E-state index is 12.0. The lowest BCUT2D eigenvalue weighted by Gasteiger charge is -2.12. The molecule has 0 saturated heterocycles. The average molecular weight is 312 g/mol. The molecular formula is C11H15F3N2O3S. The van der Waals surface area contributed by atoms with Crippen molar-refractivity contribution >= 4 is 15.7 Å². The first-order valence-electron chi connectivity index (χ1n) is 5.74. The Morgan fingerprint density at radius 3 is 2.55 bits per heavy atom. The summed E-state index contributed by atoms with van der Waals surface area (Å²) in [4.78, 5) is -0.115. The highest BCUT2D eigenvalue weighted by molar-refractivity contribution is 7.89. The van der Waals surface area contributed by atoms with E-state index in [4.69, 9.17) is 10.5 Å². The van der Waals surface area contributed by atoms with Gasteiger partial charge in [0.2, 0.25) is 10.0 Å². The first-order chi connectivity index (χ1) is 9.15. The van der Waals surface area contributed by atoms with Crippen LogP contribution < -0.4 is 15.2 Å². The van der Waals surface area contributed by atoms with Gasteiger partial charge >= 0.3 is 6.18 Å². The Hall–Kier alpha value is -1.48. The number of anilines is 1. The minimum absolute atomic E-state index is 0.0719. The zero-order chi connectivity index (χ0) is 15.4. The summed E-state index contributed by atoms with van der Waals surface area (Å²) in [6.07, 6.45) is -5.49. The highest BCUT2D eigenvalue weighted by Crippen LogP contribution is 2.26. The van der Waals surface area contributed by atoms with E-state index in [0.29, 0.717) is 0 Å². The summed E-state index contributed by atoms with van der Waals surface area (Å²) in [6.45, 7) is 1.17. The van der Waals surface area contributed by atoms with E-state index in [-0.39, 0.29) is 22.9 Å². The molecule has 0 aliphatic heterocycles. The van der Waals surface area contributed by atoms with Gasteiger partial charge < -0.3 is 10.5 Å². The topological polar surface area (TPSA) is 81.4 Å². The van der Waals surface area contributed by atoms with Gasteiger partial charge in [-0.1, -0.05) is 6.92 Å². The van der Waals surface area contributed by atoms with Crippen LogP contribution in [-0.2, 0) is 10.0 Å². The molecule has 0 saturated carbocycles. The van der Waals surface area contributed by atoms with Gasteiger partial charge in [-0.05, 0) is 12.1 Å². The summed E-state index contributed by atoms with van der Waals surface area (Å²) in [6, 6.07) is 3.63. The van der Waals surface area contributed by atoms with E-state index in [0.717, 1.165) is 6.07 Å². The van der Waals surface area contributed by atoms with Gasteiger partial charge in [0.1, 0.15) is 5.75 Å². The van der Waals surface area contributed by atoms with Crippen LogP contribution in [0.4, 0.5) is 18.9 Å². The van der Waals surface area contributed by atoms with E-state index >= 15 is 0 Å². The SMILES string of the molecule is CCNS(=O)(=O)c1ccc(N)c(OCCC(F)(F)F)c1. The largest absolute Gasteiger partial charge is 0.491 e. The second-order valence-corrected chi connectivity index (χ2v) is 5.68. The van der Waals surface area contributed by atoms with Gasteiger partial charge in [-0.3, -0.25) is 0 Å². The van der Waals surface area contributed by atoms with Crippen molar-refractivity contribution in [2.24, 2.45) is 0 Å². The fourth-order valence-corrected chi connectivity index (χ4v) is 2.41. The molecule has 1 aromatic rings. The summed E-state index contributed by atoms with van der Waals surface area (Å²) >= 11 is 0. The van der Waals surface area contributed by atoms with Crippen LogP contribution in [0.3, 0.4) is 0 Å². The summed E-state index contributed by atoms with van der Waals surface area (Å²) in [5.41, 5.74) is 5.61. The fourth-order valence-electron chi connectivity index (χ4n) is 1.36. The monoisotopic (exact) mass is 312 g/mol. The molecule has 0 aliphatic rings. The molecule has 0 unspecified atom stereocenters. The molecule has 0 aliphatic carbocycles. The molecule has 3 N–H and O–H groups in total. The fraction of sp³-hybridized carbons (Fsp3) is 0.455. The molecule has 0 atom stereocenters. The molecule has 0 bridgehead atoms. The van der Waals surface area contributed by atoms with Crippen molar-refractivity contribution in [1.82, 2.24) is 4.72 Å². The van der Waals surface area contributed by atoms with Crippen LogP contribution >= 0.6 is 0 Å². The van der Waals surface area contributed by atoms with E-state index in [1.165, 1.54) is 12.1 Å². The summed E-state index contributed by atoms with van der Waals surface area (Å²) < 4.78 is 66.7. The van der Waals surface area contributed by atoms with Gasteiger partial charge in [0.25, 0.3) is 0 Å². The predicted molar refractivity (Wildman–Crippen MR) is 67.9 cm³/mol. The molecule has 9 heteroatoms. The lowest BCUT2D eigenvalue weighted by molar-refractivity contribution is -0.139. The van der Waals surface area contributed by atoms with Crippen molar-refractivity contribution in [3.8, 4) is 5.75 Å². The van der Waals surface area contributed by atoms with Crippen LogP contribution in [0.15, 0.2) is 23.1 Å². The number of nitrogens with two attached hydrogens (primary N) is 1. The third-order valence-electron chi connectivity index (χ3n) is 2.27. The highest BCUT2D eigenvalue weighted by atomic mass is 32.2. The van der Waals surface area contributed by atoms with Gasteiger partial charge in [0, 0.05) is 12.6 Å². The maximum Gasteiger partial charge on any atom is 0.392 e. The molecule has 1 rings (SSSR count). The molecule has 5 nitrogen and oxygen atoms in total. The minimum Gasteiger partial charge on any atom is -0.491 e. The standard InChI is InChI=1S/C11H15F3N2O3S/c1-2-16-20(17,18)8-3-4-9(15)10(7-8)19-6-5-11(12,13)14/h3-4,7,16H,2,5-6,15H2,1H3. The van der Waals surface area contributed by atoms with E-state index in [2.05, 4.69) is 4.72 Å². The smallest absolute Gasteiger partial charge is 0.392 e. The quantitative estimate of drug-likeness (QED) is 0.786. The van der Waals surface area contributed by atoms with Crippen LogP contribution in [0.1, 0.15) is 13.3 Å². The second kappa shape index (κ2) is 6.31. The Morgan fingerprint density at radius 1 is 1.35 bits per heavy atom. The van der Waals surface area contributed by atoms with Crippen molar-refractivity contribution in [1.29, 1.82) is 0 Å². The van der Waals surface area contributed by atoms with Gasteiger partial charge in [-0.2, -0.15) is 13.2 Å². The average Bonchev–Trinajstić information content (AvgIpc) is 2.29. The maximum atomic E-state index is 12.0. The lowest BCUT2D eigenvalue weighted by atomic mass is 10.3. The Morgan fingerprint density at radius 2 is 2.00 bits per heavy atom. The third kappa shape index (κ3) is 4.89. The summed E-state index contributed by atoms with van der Waals surface area (Å²) in [5, 5.41) is 0. The zero-order valence-electron chi connectivity index (χ0n) is 10.7. The first kappa shape index (κ1) is 16.6. The van der Waals surface area contributed by atoms with Crippen LogP contribution in [0, 0.1) is 0 Å². The van der Waals surface area contributed by atoms with Gasteiger partial charge in [-0.15, -0.1) is 0 Å². The molecule has 0 aromatic heterocycles. The van der Waals surface area contributed by atoms with E-state index in [9.17, 15) is 21.6 Å². The third-order valence-corrected chi connectivity index (χ3v) is 3.82. The van der Waals surface area contributed by atoms with Crippen LogP contribution in [0.25, 0.3) is 0 Å². The normalized spacial score (nSPS) is 12.4. The highest BCUT2D eigenvalue weighted by Gasteiger charge is 2.27. The lowest BCUT2D eigenvalue weighted by Crippen LogP contribution is -2.23. The van der Waals surface area contributed by atoms with Crippen molar-refractivity contribution in [2.75, 3.05) is 18.9 Å². The predicted octanol–water partition coefficient (Wildman–Crippen LogP) is 1.90. The van der Waals surface area contributed by atoms with E-state index < -0.39 is 29.2 Å². The van der Waals surface area contributed by atoms with Crippen LogP contribution in [0.2, 0.25) is 0 Å². The van der Waals surface area contributed by atoms with E-state index in [1.807, 2.05) is 0 Å². The molecule has 20 heavy (non-hydrogen) atoms. The molecule has 0 amide bonds. The number of halogens is 3. The zero-order valence-corrected chi connectivity index (χ0v) is 11.5. The molecule has 0 heterocycles. The number of rotatable bonds is 6. The molecule has 114 valence electrons. The Labute approximate surface area is 115 Å². The van der Waals surface area contributed by atoms with Crippen molar-refractivity contribution in [3.05, 3.63) is 18.2 Å². The van der Waals surface area contributed by atoms with Crippen molar-refractivity contribution in [3.63, 3.8) is 0 Å². The van der Waals surface area contributed by atoms with Gasteiger partial charge in [0.05, 0.1) is 23.6 Å². The first-order valence-corrected chi connectivity index (χ1v) is 7.23. The second-order valence-electron chi connectivity index (χ2n) is 3.91. The summed E-state index contributed by atoms with van der Waals surface area (Å²) in [5.74, 6) is -0.0896. The Kier molecular flexibility index (Phi) is 5.23. The van der Waals surface area contributed by atoms with Crippen LogP contribution in [0.5, 0.6) is 5.75 Å². The van der Waals surface area contributed by atoms with Crippen molar-refractivity contribution in [2.45, 2.75) is 24.4 Å². The number of nitrogens with one attached hydrogen (secondary N) is 1. The molecule has 0 fully saturated rings. The number of nitrogen functional groups attached to an aromatic ring is 1.